The summed E-state index contributed by atoms with van der Waals surface area (Å²) < 4.78 is 5.42. The number of rotatable bonds is 1. The minimum Gasteiger partial charge on any atom is -0.443 e. The SMILES string of the molecule is CCC1CC(C)N(C)N1C(=O)OC(C)(C)C. The fourth-order valence-electron chi connectivity index (χ4n) is 2.04. The minimum atomic E-state index is -0.429. The predicted octanol–water partition coefficient (Wildman–Crippen LogP) is 2.64. The van der Waals surface area contributed by atoms with E-state index in [9.17, 15) is 4.79 Å². The molecular weight excluding hydrogens is 204 g/mol. The van der Waals surface area contributed by atoms with Gasteiger partial charge in [-0.25, -0.2) is 14.8 Å². The zero-order valence-corrected chi connectivity index (χ0v) is 11.3. The molecule has 0 aromatic rings. The lowest BCUT2D eigenvalue weighted by molar-refractivity contribution is -0.0385. The van der Waals surface area contributed by atoms with Crippen LogP contribution >= 0.6 is 0 Å². The van der Waals surface area contributed by atoms with E-state index >= 15 is 0 Å². The molecule has 1 rings (SSSR count). The van der Waals surface area contributed by atoms with Crippen LogP contribution in [0.5, 0.6) is 0 Å². The molecule has 0 aromatic heterocycles. The quantitative estimate of drug-likeness (QED) is 0.691. The van der Waals surface area contributed by atoms with Crippen molar-refractivity contribution in [2.45, 2.75) is 65.1 Å². The van der Waals surface area contributed by atoms with E-state index in [2.05, 4.69) is 13.8 Å². The molecule has 1 heterocycles. The van der Waals surface area contributed by atoms with Crippen molar-refractivity contribution in [2.24, 2.45) is 0 Å². The van der Waals surface area contributed by atoms with Gasteiger partial charge >= 0.3 is 6.09 Å². The van der Waals surface area contributed by atoms with E-state index in [0.717, 1.165) is 12.8 Å². The molecule has 1 saturated heterocycles. The first-order chi connectivity index (χ1) is 7.26. The van der Waals surface area contributed by atoms with Gasteiger partial charge in [-0.15, -0.1) is 0 Å². The Labute approximate surface area is 98.5 Å². The van der Waals surface area contributed by atoms with Crippen molar-refractivity contribution in [2.75, 3.05) is 7.05 Å². The van der Waals surface area contributed by atoms with Gasteiger partial charge in [0.15, 0.2) is 0 Å². The van der Waals surface area contributed by atoms with Crippen molar-refractivity contribution in [3.63, 3.8) is 0 Å². The van der Waals surface area contributed by atoms with Gasteiger partial charge in [0.2, 0.25) is 0 Å². The molecule has 0 spiro atoms. The topological polar surface area (TPSA) is 32.8 Å². The lowest BCUT2D eigenvalue weighted by Crippen LogP contribution is -2.47. The molecule has 1 fully saturated rings. The molecule has 16 heavy (non-hydrogen) atoms. The van der Waals surface area contributed by atoms with Gasteiger partial charge in [0.05, 0.1) is 6.04 Å². The number of hydrazine groups is 1. The molecule has 0 bridgehead atoms. The summed E-state index contributed by atoms with van der Waals surface area (Å²) in [6.45, 7) is 9.92. The Morgan fingerprint density at radius 3 is 2.44 bits per heavy atom. The highest BCUT2D eigenvalue weighted by Crippen LogP contribution is 2.27. The molecule has 2 unspecified atom stereocenters. The van der Waals surface area contributed by atoms with Crippen LogP contribution in [-0.2, 0) is 4.74 Å². The highest BCUT2D eigenvalue weighted by molar-refractivity contribution is 5.68. The summed E-state index contributed by atoms with van der Waals surface area (Å²) in [4.78, 5) is 12.0. The first-order valence-electron chi connectivity index (χ1n) is 6.01. The van der Waals surface area contributed by atoms with Gasteiger partial charge < -0.3 is 4.74 Å². The molecule has 1 aliphatic rings. The van der Waals surface area contributed by atoms with Crippen LogP contribution in [0.4, 0.5) is 4.79 Å². The third kappa shape index (κ3) is 2.88. The van der Waals surface area contributed by atoms with Crippen molar-refractivity contribution < 1.29 is 9.53 Å². The summed E-state index contributed by atoms with van der Waals surface area (Å²) in [6, 6.07) is 0.673. The molecule has 94 valence electrons. The Bertz CT molecular complexity index is 260. The maximum atomic E-state index is 12.0. The number of ether oxygens (including phenoxy) is 1. The minimum absolute atomic E-state index is 0.230. The summed E-state index contributed by atoms with van der Waals surface area (Å²) >= 11 is 0. The van der Waals surface area contributed by atoms with E-state index in [1.165, 1.54) is 0 Å². The van der Waals surface area contributed by atoms with Crippen LogP contribution in [0.15, 0.2) is 0 Å². The molecular formula is C12H24N2O2. The smallest absolute Gasteiger partial charge is 0.425 e. The summed E-state index contributed by atoms with van der Waals surface area (Å²) in [5, 5.41) is 3.75. The van der Waals surface area contributed by atoms with E-state index in [1.54, 1.807) is 5.01 Å². The van der Waals surface area contributed by atoms with Crippen molar-refractivity contribution in [3.8, 4) is 0 Å². The first kappa shape index (κ1) is 13.3. The van der Waals surface area contributed by atoms with E-state index < -0.39 is 5.60 Å². The van der Waals surface area contributed by atoms with Gasteiger partial charge in [-0.2, -0.15) is 0 Å². The van der Waals surface area contributed by atoms with Crippen molar-refractivity contribution in [1.29, 1.82) is 0 Å². The van der Waals surface area contributed by atoms with Crippen LogP contribution < -0.4 is 0 Å². The Kier molecular flexibility index (Phi) is 3.84. The summed E-state index contributed by atoms with van der Waals surface area (Å²) in [7, 11) is 1.95. The number of amides is 1. The standard InChI is InChI=1S/C12H24N2O2/c1-7-10-8-9(2)13(6)14(10)11(15)16-12(3,4)5/h9-10H,7-8H2,1-6H3. The Morgan fingerprint density at radius 1 is 1.44 bits per heavy atom. The van der Waals surface area contributed by atoms with Crippen molar-refractivity contribution in [1.82, 2.24) is 10.0 Å². The Morgan fingerprint density at radius 2 is 2.00 bits per heavy atom. The van der Waals surface area contributed by atoms with Crippen molar-refractivity contribution >= 4 is 6.09 Å². The van der Waals surface area contributed by atoms with Crippen LogP contribution in [-0.4, -0.2) is 40.8 Å². The summed E-state index contributed by atoms with van der Waals surface area (Å²) in [6.07, 6.45) is 1.76. The highest BCUT2D eigenvalue weighted by Gasteiger charge is 2.39. The van der Waals surface area contributed by atoms with Crippen LogP contribution in [0.2, 0.25) is 0 Å². The van der Waals surface area contributed by atoms with Gasteiger partial charge in [0.25, 0.3) is 0 Å². The van der Waals surface area contributed by atoms with E-state index in [4.69, 9.17) is 4.74 Å². The number of nitrogens with zero attached hydrogens (tertiary/aromatic N) is 2. The zero-order chi connectivity index (χ0) is 12.5. The Balaban J connectivity index is 2.73. The maximum Gasteiger partial charge on any atom is 0.425 e. The molecule has 0 aromatic carbocycles. The monoisotopic (exact) mass is 228 g/mol. The van der Waals surface area contributed by atoms with E-state index in [0.29, 0.717) is 6.04 Å². The second kappa shape index (κ2) is 4.62. The maximum absolute atomic E-state index is 12.0. The average molecular weight is 228 g/mol. The normalized spacial score (nSPS) is 27.2. The second-order valence-corrected chi connectivity index (χ2v) is 5.55. The van der Waals surface area contributed by atoms with E-state index in [1.807, 2.05) is 32.8 Å². The largest absolute Gasteiger partial charge is 0.443 e. The van der Waals surface area contributed by atoms with Gasteiger partial charge in [0.1, 0.15) is 5.60 Å². The van der Waals surface area contributed by atoms with Gasteiger partial charge in [0, 0.05) is 13.1 Å². The first-order valence-corrected chi connectivity index (χ1v) is 6.01. The number of hydrogen-bond acceptors (Lipinski definition) is 3. The number of carbonyl (C=O) groups excluding carboxylic acids is 1. The van der Waals surface area contributed by atoms with Gasteiger partial charge in [-0.05, 0) is 40.5 Å². The summed E-state index contributed by atoms with van der Waals surface area (Å²) in [5.74, 6) is 0. The second-order valence-electron chi connectivity index (χ2n) is 5.55. The fourth-order valence-corrected chi connectivity index (χ4v) is 2.04. The molecule has 0 N–H and O–H groups in total. The molecule has 1 amide bonds. The van der Waals surface area contributed by atoms with Crippen molar-refractivity contribution in [3.05, 3.63) is 0 Å². The molecule has 4 nitrogen and oxygen atoms in total. The average Bonchev–Trinajstić information content (AvgIpc) is 2.40. The lowest BCUT2D eigenvalue weighted by atomic mass is 10.1. The van der Waals surface area contributed by atoms with Crippen LogP contribution in [0.1, 0.15) is 47.5 Å². The number of carbonyl (C=O) groups is 1. The number of hydrogen-bond donors (Lipinski definition) is 0. The van der Waals surface area contributed by atoms with Gasteiger partial charge in [-0.3, -0.25) is 0 Å². The molecule has 1 aliphatic heterocycles. The van der Waals surface area contributed by atoms with E-state index in [-0.39, 0.29) is 12.1 Å². The van der Waals surface area contributed by atoms with Gasteiger partial charge in [-0.1, -0.05) is 6.92 Å². The highest BCUT2D eigenvalue weighted by atomic mass is 16.6. The third-order valence-electron chi connectivity index (χ3n) is 2.99. The molecule has 0 saturated carbocycles. The van der Waals surface area contributed by atoms with Crippen LogP contribution in [0.3, 0.4) is 0 Å². The van der Waals surface area contributed by atoms with Crippen LogP contribution in [0.25, 0.3) is 0 Å². The third-order valence-corrected chi connectivity index (χ3v) is 2.99. The molecule has 0 radical (unpaired) electrons. The molecule has 4 heteroatoms. The van der Waals surface area contributed by atoms with Crippen LogP contribution in [0, 0.1) is 0 Å². The zero-order valence-electron chi connectivity index (χ0n) is 11.3. The summed E-state index contributed by atoms with van der Waals surface area (Å²) in [5.41, 5.74) is -0.429. The molecule has 2 atom stereocenters. The predicted molar refractivity (Wildman–Crippen MR) is 64.0 cm³/mol. The lowest BCUT2D eigenvalue weighted by Gasteiger charge is -2.32. The molecule has 0 aliphatic carbocycles. The Hall–Kier alpha value is -0.770. The fraction of sp³-hybridized carbons (Fsp3) is 0.917.